The molecule has 0 aliphatic carbocycles. The Kier molecular flexibility index (Phi) is 4.41. The molecule has 1 aromatic rings. The van der Waals surface area contributed by atoms with Gasteiger partial charge < -0.3 is 14.4 Å². The Balaban J connectivity index is 1.87. The molecular weight excluding hydrogens is 310 g/mol. The van der Waals surface area contributed by atoms with Gasteiger partial charge in [-0.15, -0.1) is 0 Å². The van der Waals surface area contributed by atoms with E-state index in [-0.39, 0.29) is 30.9 Å². The van der Waals surface area contributed by atoms with Crippen molar-refractivity contribution in [1.82, 2.24) is 0 Å². The molecule has 0 saturated carbocycles. The van der Waals surface area contributed by atoms with Gasteiger partial charge in [-0.25, -0.2) is 19.6 Å². The van der Waals surface area contributed by atoms with Gasteiger partial charge in [-0.3, -0.25) is 0 Å². The van der Waals surface area contributed by atoms with E-state index in [9.17, 15) is 9.59 Å². The van der Waals surface area contributed by atoms with Crippen LogP contribution >= 0.6 is 0 Å². The van der Waals surface area contributed by atoms with E-state index in [0.717, 1.165) is 11.3 Å². The normalized spacial score (nSPS) is 17.3. The second kappa shape index (κ2) is 6.66. The van der Waals surface area contributed by atoms with Crippen molar-refractivity contribution in [2.24, 2.45) is 9.98 Å². The minimum absolute atomic E-state index is 0.0123. The molecule has 2 heterocycles. The second-order valence-corrected chi connectivity index (χ2v) is 5.54. The minimum atomic E-state index is -0.384. The fourth-order valence-electron chi connectivity index (χ4n) is 2.36. The molecule has 7 nitrogen and oxygen atoms in total. The highest BCUT2D eigenvalue weighted by molar-refractivity contribution is 6.24. The zero-order chi connectivity index (χ0) is 17.1. The molecule has 7 heteroatoms. The lowest BCUT2D eigenvalue weighted by atomic mass is 10.0. The molecular formula is C17H17N3O4. The number of aliphatic imine (C=N–C) groups is 2. The summed E-state index contributed by atoms with van der Waals surface area (Å²) >= 11 is 0. The van der Waals surface area contributed by atoms with Crippen molar-refractivity contribution < 1.29 is 19.1 Å². The van der Waals surface area contributed by atoms with Gasteiger partial charge in [0, 0.05) is 31.8 Å². The molecule has 124 valence electrons. The molecule has 2 aliphatic rings. The lowest BCUT2D eigenvalue weighted by Crippen LogP contribution is -2.10. The molecule has 3 rings (SSSR count). The molecule has 0 bridgehead atoms. The van der Waals surface area contributed by atoms with Crippen molar-refractivity contribution >= 4 is 35.0 Å². The highest BCUT2D eigenvalue weighted by Crippen LogP contribution is 2.23. The van der Waals surface area contributed by atoms with Crippen LogP contribution in [0.5, 0.6) is 0 Å². The summed E-state index contributed by atoms with van der Waals surface area (Å²) in [6, 6.07) is 7.79. The van der Waals surface area contributed by atoms with Crippen molar-refractivity contribution in [2.75, 3.05) is 32.1 Å². The Morgan fingerprint density at radius 2 is 1.75 bits per heavy atom. The van der Waals surface area contributed by atoms with Gasteiger partial charge >= 0.3 is 11.9 Å². The van der Waals surface area contributed by atoms with Crippen LogP contribution in [-0.2, 0) is 19.1 Å². The van der Waals surface area contributed by atoms with E-state index < -0.39 is 0 Å². The molecule has 0 radical (unpaired) electrons. The average Bonchev–Trinajstić information content (AvgIpc) is 3.17. The van der Waals surface area contributed by atoms with Gasteiger partial charge in [-0.2, -0.15) is 0 Å². The van der Waals surface area contributed by atoms with Crippen LogP contribution in [0.3, 0.4) is 0 Å². The van der Waals surface area contributed by atoms with Crippen LogP contribution in [0.1, 0.15) is 12.0 Å². The number of carbonyl (C=O) groups excluding carboxylic acids is 2. The van der Waals surface area contributed by atoms with Crippen LogP contribution < -0.4 is 4.90 Å². The summed E-state index contributed by atoms with van der Waals surface area (Å²) in [5.41, 5.74) is 2.59. The van der Waals surface area contributed by atoms with Crippen molar-refractivity contribution in [2.45, 2.75) is 6.42 Å². The van der Waals surface area contributed by atoms with E-state index in [1.54, 1.807) is 6.08 Å². The number of benzene rings is 1. The Labute approximate surface area is 139 Å². The highest BCUT2D eigenvalue weighted by Gasteiger charge is 2.22. The average molecular weight is 327 g/mol. The molecule has 0 atom stereocenters. The Morgan fingerprint density at radius 1 is 1.08 bits per heavy atom. The lowest BCUT2D eigenvalue weighted by Gasteiger charge is -2.13. The molecule has 0 fully saturated rings. The first-order chi connectivity index (χ1) is 11.5. The van der Waals surface area contributed by atoms with Crippen LogP contribution in [0.2, 0.25) is 0 Å². The maximum Gasteiger partial charge on any atom is 0.334 e. The van der Waals surface area contributed by atoms with E-state index >= 15 is 0 Å². The first-order valence-corrected chi connectivity index (χ1v) is 7.50. The number of rotatable bonds is 5. The fourth-order valence-corrected chi connectivity index (χ4v) is 2.36. The Hall–Kier alpha value is -2.96. The summed E-state index contributed by atoms with van der Waals surface area (Å²) in [4.78, 5) is 32.6. The number of carbonyl (C=O) groups is 2. The highest BCUT2D eigenvalue weighted by atomic mass is 16.6. The number of ether oxygens (including phenoxy) is 2. The van der Waals surface area contributed by atoms with Gasteiger partial charge in [0.15, 0.2) is 5.90 Å². The lowest BCUT2D eigenvalue weighted by molar-refractivity contribution is -0.133. The van der Waals surface area contributed by atoms with Crippen molar-refractivity contribution in [3.63, 3.8) is 0 Å². The summed E-state index contributed by atoms with van der Waals surface area (Å²) in [5, 5.41) is 0. The third-order valence-corrected chi connectivity index (χ3v) is 3.58. The smallest absolute Gasteiger partial charge is 0.334 e. The van der Waals surface area contributed by atoms with Crippen molar-refractivity contribution in [3.8, 4) is 0 Å². The topological polar surface area (TPSA) is 80.6 Å². The van der Waals surface area contributed by atoms with Crippen LogP contribution in [0.4, 0.5) is 5.69 Å². The number of esters is 2. The molecule has 1 aromatic carbocycles. The first-order valence-electron chi connectivity index (χ1n) is 7.50. The van der Waals surface area contributed by atoms with Crippen LogP contribution in [0.15, 0.2) is 40.3 Å². The number of hydrogen-bond donors (Lipinski definition) is 0. The molecule has 0 N–H and O–H groups in total. The molecule has 24 heavy (non-hydrogen) atoms. The van der Waals surface area contributed by atoms with Gasteiger partial charge in [0.1, 0.15) is 13.1 Å². The van der Waals surface area contributed by atoms with Crippen LogP contribution in [0, 0.1) is 0 Å². The Morgan fingerprint density at radius 3 is 2.29 bits per heavy atom. The second-order valence-electron chi connectivity index (χ2n) is 5.54. The SMILES string of the molecule is CN(C)c1ccc(/C(=C\CC2=NCC(=O)O2)C2=NCC(=O)O2)cc1. The zero-order valence-corrected chi connectivity index (χ0v) is 13.5. The maximum atomic E-state index is 11.4. The van der Waals surface area contributed by atoms with Gasteiger partial charge in [0.2, 0.25) is 5.90 Å². The van der Waals surface area contributed by atoms with Gasteiger partial charge in [-0.05, 0) is 17.7 Å². The van der Waals surface area contributed by atoms with Crippen LogP contribution in [0.25, 0.3) is 5.57 Å². The standard InChI is InChI=1S/C17H17N3O4/c1-20(2)12-5-3-11(4-6-12)13(17-19-10-16(22)24-17)7-8-14-18-9-15(21)23-14/h3-7H,8-10H2,1-2H3/b13-7+. The molecule has 2 aliphatic heterocycles. The third kappa shape index (κ3) is 3.51. The summed E-state index contributed by atoms with van der Waals surface area (Å²) in [6.45, 7) is 0.0599. The molecule has 0 aromatic heterocycles. The summed E-state index contributed by atoms with van der Waals surface area (Å²) in [5.74, 6) is -0.111. The first kappa shape index (κ1) is 15.9. The predicted molar refractivity (Wildman–Crippen MR) is 90.2 cm³/mol. The maximum absolute atomic E-state index is 11.4. The number of cyclic esters (lactones) is 2. The summed E-state index contributed by atoms with van der Waals surface area (Å²) < 4.78 is 10.2. The van der Waals surface area contributed by atoms with Crippen molar-refractivity contribution in [3.05, 3.63) is 35.9 Å². The van der Waals surface area contributed by atoms with Crippen molar-refractivity contribution in [1.29, 1.82) is 0 Å². The van der Waals surface area contributed by atoms with E-state index in [1.165, 1.54) is 0 Å². The summed E-state index contributed by atoms with van der Waals surface area (Å²) in [7, 11) is 3.92. The number of nitrogens with zero attached hydrogens (tertiary/aromatic N) is 3. The summed E-state index contributed by atoms with van der Waals surface area (Å²) in [6.07, 6.45) is 2.13. The monoisotopic (exact) mass is 327 g/mol. The molecule has 0 spiro atoms. The quantitative estimate of drug-likeness (QED) is 0.764. The molecule has 0 unspecified atom stereocenters. The van der Waals surface area contributed by atoms with Gasteiger partial charge in [0.05, 0.1) is 0 Å². The van der Waals surface area contributed by atoms with Gasteiger partial charge in [0.25, 0.3) is 0 Å². The predicted octanol–water partition coefficient (Wildman–Crippen LogP) is 1.44. The van der Waals surface area contributed by atoms with Gasteiger partial charge in [-0.1, -0.05) is 18.2 Å². The van der Waals surface area contributed by atoms with E-state index in [1.807, 2.05) is 43.3 Å². The third-order valence-electron chi connectivity index (χ3n) is 3.58. The zero-order valence-electron chi connectivity index (χ0n) is 13.5. The van der Waals surface area contributed by atoms with E-state index in [0.29, 0.717) is 17.9 Å². The van der Waals surface area contributed by atoms with E-state index in [4.69, 9.17) is 9.47 Å². The largest absolute Gasteiger partial charge is 0.410 e. The van der Waals surface area contributed by atoms with Crippen LogP contribution in [-0.4, -0.2) is 50.9 Å². The van der Waals surface area contributed by atoms with E-state index in [2.05, 4.69) is 9.98 Å². The number of anilines is 1. The number of hydrogen-bond acceptors (Lipinski definition) is 7. The Bertz CT molecular complexity index is 761. The fraction of sp³-hybridized carbons (Fsp3) is 0.294. The molecule has 0 amide bonds. The minimum Gasteiger partial charge on any atom is -0.410 e. The molecule has 0 saturated heterocycles.